The van der Waals surface area contributed by atoms with Gasteiger partial charge in [-0.25, -0.2) is 0 Å². The lowest BCUT2D eigenvalue weighted by Gasteiger charge is -2.51. The Hall–Kier alpha value is -2.15. The summed E-state index contributed by atoms with van der Waals surface area (Å²) in [5.41, 5.74) is 1.98. The van der Waals surface area contributed by atoms with E-state index in [-0.39, 0.29) is 31.4 Å². The van der Waals surface area contributed by atoms with E-state index in [2.05, 4.69) is 27.8 Å². The third-order valence-corrected chi connectivity index (χ3v) is 6.83. The molecule has 2 aromatic rings. The Kier molecular flexibility index (Phi) is 5.51. The van der Waals surface area contributed by atoms with E-state index in [0.29, 0.717) is 16.3 Å². The zero-order chi connectivity index (χ0) is 21.6. The molecule has 2 amide bonds. The van der Waals surface area contributed by atoms with Crippen LogP contribution in [0.15, 0.2) is 59.1 Å². The van der Waals surface area contributed by atoms with Crippen LogP contribution in [0.3, 0.4) is 0 Å². The summed E-state index contributed by atoms with van der Waals surface area (Å²) in [7, 11) is 0. The zero-order valence-electron chi connectivity index (χ0n) is 16.5. The van der Waals surface area contributed by atoms with Gasteiger partial charge >= 0.3 is 0 Å². The minimum atomic E-state index is -1.07. The van der Waals surface area contributed by atoms with Gasteiger partial charge < -0.3 is 15.3 Å². The minimum Gasteiger partial charge on any atom is -0.395 e. The molecular weight excluding hydrogens is 468 g/mol. The van der Waals surface area contributed by atoms with Crippen LogP contribution in [0.25, 0.3) is 0 Å². The van der Waals surface area contributed by atoms with Crippen molar-refractivity contribution in [3.63, 3.8) is 0 Å². The second-order valence-electron chi connectivity index (χ2n) is 7.88. The molecule has 3 atom stereocenters. The molecule has 0 aromatic heterocycles. The molecule has 1 fully saturated rings. The lowest BCUT2D eigenvalue weighted by atomic mass is 9.58. The van der Waals surface area contributed by atoms with Gasteiger partial charge in [-0.2, -0.15) is 0 Å². The van der Waals surface area contributed by atoms with E-state index in [1.165, 1.54) is 0 Å². The number of hydrogen-bond donors (Lipinski definition) is 2. The van der Waals surface area contributed by atoms with Crippen LogP contribution in [0.2, 0.25) is 5.02 Å². The van der Waals surface area contributed by atoms with Crippen LogP contribution in [0.1, 0.15) is 30.4 Å². The molecule has 2 N–H and O–H groups in total. The summed E-state index contributed by atoms with van der Waals surface area (Å²) in [6, 6.07) is 12.4. The van der Waals surface area contributed by atoms with E-state index < -0.39 is 17.4 Å². The number of piperidine rings is 1. The van der Waals surface area contributed by atoms with Crippen molar-refractivity contribution in [1.82, 2.24) is 4.90 Å². The number of halogens is 2. The highest BCUT2D eigenvalue weighted by Crippen LogP contribution is 2.56. The van der Waals surface area contributed by atoms with Crippen molar-refractivity contribution >= 4 is 45.0 Å². The van der Waals surface area contributed by atoms with Gasteiger partial charge in [-0.3, -0.25) is 9.59 Å². The normalized spacial score (nSPS) is 25.4. The summed E-state index contributed by atoms with van der Waals surface area (Å²) >= 11 is 9.75. The number of benzene rings is 2. The number of anilines is 1. The fourth-order valence-electron chi connectivity index (χ4n) is 5.10. The Bertz CT molecular complexity index is 1060. The Balaban J connectivity index is 2.03. The van der Waals surface area contributed by atoms with Crippen LogP contribution in [0.5, 0.6) is 0 Å². The van der Waals surface area contributed by atoms with Gasteiger partial charge in [-0.1, -0.05) is 57.9 Å². The summed E-state index contributed by atoms with van der Waals surface area (Å²) in [5.74, 6) is -0.724. The molecule has 4 rings (SSSR count). The first-order chi connectivity index (χ1) is 14.3. The number of rotatable bonds is 4. The molecule has 2 aromatic carbocycles. The SMILES string of the molecule is C=C(C)C1N(CCO)C(=O)CC(c2cccc(Cl)c2)C12C(=O)Nc1cc(Br)ccc12. The maximum Gasteiger partial charge on any atom is 0.238 e. The Morgan fingerprint density at radius 1 is 1.33 bits per heavy atom. The van der Waals surface area contributed by atoms with Crippen LogP contribution in [-0.2, 0) is 15.0 Å². The second-order valence-corrected chi connectivity index (χ2v) is 9.24. The van der Waals surface area contributed by atoms with Gasteiger partial charge in [0.1, 0.15) is 5.41 Å². The van der Waals surface area contributed by atoms with Gasteiger partial charge in [0.25, 0.3) is 0 Å². The monoisotopic (exact) mass is 488 g/mol. The van der Waals surface area contributed by atoms with Gasteiger partial charge in [0.05, 0.1) is 12.6 Å². The molecule has 3 unspecified atom stereocenters. The molecule has 0 aliphatic carbocycles. The molecule has 7 heteroatoms. The fraction of sp³-hybridized carbons (Fsp3) is 0.304. The number of nitrogens with zero attached hydrogens (tertiary/aromatic N) is 1. The van der Waals surface area contributed by atoms with Crippen molar-refractivity contribution in [1.29, 1.82) is 0 Å². The highest BCUT2D eigenvalue weighted by atomic mass is 79.9. The number of β-amino-alcohol motifs (C(OH)–C–C–N with tert-alkyl or cyclic N) is 1. The largest absolute Gasteiger partial charge is 0.395 e. The Morgan fingerprint density at radius 2 is 2.10 bits per heavy atom. The van der Waals surface area contributed by atoms with Crippen LogP contribution in [-0.4, -0.2) is 41.0 Å². The minimum absolute atomic E-state index is 0.119. The third-order valence-electron chi connectivity index (χ3n) is 6.10. The maximum absolute atomic E-state index is 13.8. The summed E-state index contributed by atoms with van der Waals surface area (Å²) in [6.07, 6.45) is 0.132. The van der Waals surface area contributed by atoms with E-state index in [4.69, 9.17) is 11.6 Å². The number of carbonyl (C=O) groups excluding carboxylic acids is 2. The molecule has 1 spiro atoms. The van der Waals surface area contributed by atoms with Crippen LogP contribution in [0.4, 0.5) is 5.69 Å². The smallest absolute Gasteiger partial charge is 0.238 e. The molecule has 0 saturated carbocycles. The van der Waals surface area contributed by atoms with Crippen molar-refractivity contribution in [2.45, 2.75) is 30.7 Å². The number of aliphatic hydroxyl groups excluding tert-OH is 1. The quantitative estimate of drug-likeness (QED) is 0.631. The van der Waals surface area contributed by atoms with Crippen LogP contribution >= 0.6 is 27.5 Å². The summed E-state index contributed by atoms with van der Waals surface area (Å²) < 4.78 is 0.851. The topological polar surface area (TPSA) is 69.6 Å². The first kappa shape index (κ1) is 21.1. The molecule has 156 valence electrons. The van der Waals surface area contributed by atoms with Gasteiger partial charge in [0, 0.05) is 34.1 Å². The maximum atomic E-state index is 13.8. The van der Waals surface area contributed by atoms with E-state index in [1.807, 2.05) is 43.3 Å². The highest BCUT2D eigenvalue weighted by molar-refractivity contribution is 9.10. The van der Waals surface area contributed by atoms with Gasteiger partial charge in [0.2, 0.25) is 11.8 Å². The number of hydrogen-bond acceptors (Lipinski definition) is 3. The highest BCUT2D eigenvalue weighted by Gasteiger charge is 2.63. The van der Waals surface area contributed by atoms with Crippen molar-refractivity contribution in [3.8, 4) is 0 Å². The predicted molar refractivity (Wildman–Crippen MR) is 121 cm³/mol. The van der Waals surface area contributed by atoms with Crippen molar-refractivity contribution in [2.24, 2.45) is 0 Å². The summed E-state index contributed by atoms with van der Waals surface area (Å²) in [5, 5.41) is 13.2. The Labute approximate surface area is 188 Å². The standard InChI is InChI=1S/C23H22BrClN2O3/c1-13(2)21-23(17-7-6-15(24)11-19(17)26-22(23)30)18(12-20(29)27(21)8-9-28)14-4-3-5-16(25)10-14/h3-7,10-11,18,21,28H,1,8-9,12H2,2H3,(H,26,30). The number of likely N-dealkylation sites (tertiary alicyclic amines) is 1. The van der Waals surface area contributed by atoms with E-state index >= 15 is 0 Å². The average Bonchev–Trinajstić information content (AvgIpc) is 2.96. The van der Waals surface area contributed by atoms with Crippen LogP contribution < -0.4 is 5.32 Å². The van der Waals surface area contributed by atoms with Gasteiger partial charge in [0.15, 0.2) is 0 Å². The lowest BCUT2D eigenvalue weighted by Crippen LogP contribution is -2.64. The number of nitrogens with one attached hydrogen (secondary N) is 1. The third kappa shape index (κ3) is 3.09. The molecular formula is C23H22BrClN2O3. The number of fused-ring (bicyclic) bond motifs is 2. The second kappa shape index (κ2) is 7.84. The fourth-order valence-corrected chi connectivity index (χ4v) is 5.66. The molecule has 0 bridgehead atoms. The molecule has 1 saturated heterocycles. The Morgan fingerprint density at radius 3 is 2.77 bits per heavy atom. The molecule has 2 aliphatic heterocycles. The molecule has 30 heavy (non-hydrogen) atoms. The number of amides is 2. The van der Waals surface area contributed by atoms with E-state index in [9.17, 15) is 14.7 Å². The molecule has 2 heterocycles. The number of carbonyl (C=O) groups is 2. The first-order valence-electron chi connectivity index (χ1n) is 9.73. The van der Waals surface area contributed by atoms with Crippen molar-refractivity contribution < 1.29 is 14.7 Å². The molecule has 2 aliphatic rings. The summed E-state index contributed by atoms with van der Waals surface area (Å²) in [4.78, 5) is 28.5. The zero-order valence-corrected chi connectivity index (χ0v) is 18.8. The van der Waals surface area contributed by atoms with E-state index in [0.717, 1.165) is 15.6 Å². The molecule has 0 radical (unpaired) electrons. The first-order valence-corrected chi connectivity index (χ1v) is 10.9. The predicted octanol–water partition coefficient (Wildman–Crippen LogP) is 4.25. The summed E-state index contributed by atoms with van der Waals surface area (Å²) in [6.45, 7) is 5.92. The number of aliphatic hydroxyl groups is 1. The van der Waals surface area contributed by atoms with Gasteiger partial charge in [-0.15, -0.1) is 0 Å². The lowest BCUT2D eigenvalue weighted by molar-refractivity contribution is -0.144. The average molecular weight is 490 g/mol. The van der Waals surface area contributed by atoms with Crippen molar-refractivity contribution in [2.75, 3.05) is 18.5 Å². The molecule has 5 nitrogen and oxygen atoms in total. The van der Waals surface area contributed by atoms with Gasteiger partial charge in [-0.05, 0) is 42.3 Å². The van der Waals surface area contributed by atoms with Crippen molar-refractivity contribution in [3.05, 3.63) is 75.2 Å². The van der Waals surface area contributed by atoms with Crippen LogP contribution in [0, 0.1) is 0 Å². The van der Waals surface area contributed by atoms with E-state index in [1.54, 1.807) is 11.0 Å².